The molecule has 0 radical (unpaired) electrons. The number of fused-ring (bicyclic) bond motifs is 1. The van der Waals surface area contributed by atoms with Gasteiger partial charge in [0.25, 0.3) is 5.91 Å². The number of amides is 3. The molecule has 3 aliphatic rings. The standard InChI is InChI=1S/C23H26FN5O3/c1-14-2-3-16(25-14)13-27-6-8-28(9-7-27)20-10-15-12-29(23(32)17(15)11-18(20)24)19-4-5-21(30)26-22(19)31/h2-3,10-11,19,25H,4-9,12-13H2,1H3,(H,26,30,31). The molecule has 2 N–H and O–H groups in total. The molecule has 3 aliphatic heterocycles. The van der Waals surface area contributed by atoms with Gasteiger partial charge in [-0.2, -0.15) is 0 Å². The van der Waals surface area contributed by atoms with Crippen LogP contribution in [0.2, 0.25) is 0 Å². The van der Waals surface area contributed by atoms with Crippen LogP contribution in [0.1, 0.15) is 40.2 Å². The molecule has 2 aromatic rings. The van der Waals surface area contributed by atoms with E-state index in [1.54, 1.807) is 6.07 Å². The summed E-state index contributed by atoms with van der Waals surface area (Å²) in [6.07, 6.45) is 0.491. The Kier molecular flexibility index (Phi) is 5.21. The minimum Gasteiger partial charge on any atom is -0.367 e. The van der Waals surface area contributed by atoms with E-state index in [4.69, 9.17) is 0 Å². The lowest BCUT2D eigenvalue weighted by atomic mass is 10.0. The van der Waals surface area contributed by atoms with Gasteiger partial charge in [0.2, 0.25) is 11.8 Å². The van der Waals surface area contributed by atoms with E-state index in [1.165, 1.54) is 16.7 Å². The van der Waals surface area contributed by atoms with Gasteiger partial charge in [-0.1, -0.05) is 0 Å². The van der Waals surface area contributed by atoms with Crippen molar-refractivity contribution in [3.63, 3.8) is 0 Å². The van der Waals surface area contributed by atoms with Crippen molar-refractivity contribution in [1.82, 2.24) is 20.1 Å². The first kappa shape index (κ1) is 20.7. The highest BCUT2D eigenvalue weighted by Gasteiger charge is 2.39. The van der Waals surface area contributed by atoms with Crippen LogP contribution in [-0.4, -0.2) is 64.7 Å². The van der Waals surface area contributed by atoms with Crippen molar-refractivity contribution in [3.8, 4) is 0 Å². The van der Waals surface area contributed by atoms with Gasteiger partial charge < -0.3 is 14.8 Å². The Balaban J connectivity index is 1.27. The van der Waals surface area contributed by atoms with Crippen molar-refractivity contribution in [2.75, 3.05) is 31.1 Å². The summed E-state index contributed by atoms with van der Waals surface area (Å²) in [4.78, 5) is 45.6. The van der Waals surface area contributed by atoms with Crippen molar-refractivity contribution in [2.45, 2.75) is 38.9 Å². The maximum Gasteiger partial charge on any atom is 0.255 e. The number of rotatable bonds is 4. The third-order valence-electron chi connectivity index (χ3n) is 6.59. The first-order valence-corrected chi connectivity index (χ1v) is 11.0. The van der Waals surface area contributed by atoms with Crippen LogP contribution in [0.25, 0.3) is 0 Å². The normalized spacial score (nSPS) is 21.8. The minimum absolute atomic E-state index is 0.197. The molecule has 4 heterocycles. The largest absolute Gasteiger partial charge is 0.367 e. The number of carbonyl (C=O) groups excluding carboxylic acids is 3. The van der Waals surface area contributed by atoms with Crippen LogP contribution >= 0.6 is 0 Å². The van der Waals surface area contributed by atoms with Crippen LogP contribution in [-0.2, 0) is 22.7 Å². The van der Waals surface area contributed by atoms with Crippen LogP contribution in [0.3, 0.4) is 0 Å². The Hall–Kier alpha value is -3.20. The van der Waals surface area contributed by atoms with E-state index in [-0.39, 0.29) is 24.8 Å². The molecule has 1 aromatic heterocycles. The van der Waals surface area contributed by atoms with Gasteiger partial charge in [-0.25, -0.2) is 4.39 Å². The monoisotopic (exact) mass is 439 g/mol. The molecule has 0 saturated carbocycles. The highest BCUT2D eigenvalue weighted by Crippen LogP contribution is 2.33. The van der Waals surface area contributed by atoms with Gasteiger partial charge >= 0.3 is 0 Å². The van der Waals surface area contributed by atoms with Gasteiger partial charge in [0.15, 0.2) is 0 Å². The average Bonchev–Trinajstić information content (AvgIpc) is 3.31. The number of benzene rings is 1. The van der Waals surface area contributed by atoms with E-state index >= 15 is 0 Å². The molecule has 5 rings (SSSR count). The number of nitrogens with one attached hydrogen (secondary N) is 2. The molecule has 0 aliphatic carbocycles. The number of carbonyl (C=O) groups is 3. The van der Waals surface area contributed by atoms with Gasteiger partial charge in [0, 0.05) is 62.6 Å². The molecule has 8 nitrogen and oxygen atoms in total. The molecular formula is C23H26FN5O3. The smallest absolute Gasteiger partial charge is 0.255 e. The fourth-order valence-corrected chi connectivity index (χ4v) is 4.86. The Labute approximate surface area is 185 Å². The van der Waals surface area contributed by atoms with E-state index in [2.05, 4.69) is 27.3 Å². The number of halogens is 1. The van der Waals surface area contributed by atoms with E-state index in [0.29, 0.717) is 30.8 Å². The number of nitrogens with zero attached hydrogens (tertiary/aromatic N) is 3. The Morgan fingerprint density at radius 2 is 1.88 bits per heavy atom. The highest BCUT2D eigenvalue weighted by molar-refractivity contribution is 6.05. The average molecular weight is 439 g/mol. The van der Waals surface area contributed by atoms with Crippen LogP contribution < -0.4 is 10.2 Å². The molecule has 2 saturated heterocycles. The van der Waals surface area contributed by atoms with Crippen LogP contribution in [0.4, 0.5) is 10.1 Å². The number of imide groups is 1. The van der Waals surface area contributed by atoms with Gasteiger partial charge in [-0.15, -0.1) is 0 Å². The zero-order chi connectivity index (χ0) is 22.4. The molecule has 0 spiro atoms. The first-order valence-electron chi connectivity index (χ1n) is 11.0. The van der Waals surface area contributed by atoms with Crippen molar-refractivity contribution in [3.05, 3.63) is 52.6 Å². The first-order chi connectivity index (χ1) is 15.4. The number of H-pyrrole nitrogens is 1. The molecule has 1 unspecified atom stereocenters. The van der Waals surface area contributed by atoms with E-state index in [9.17, 15) is 18.8 Å². The van der Waals surface area contributed by atoms with E-state index < -0.39 is 17.8 Å². The fraction of sp³-hybridized carbons (Fsp3) is 0.435. The summed E-state index contributed by atoms with van der Waals surface area (Å²) in [6, 6.07) is 6.50. The highest BCUT2D eigenvalue weighted by atomic mass is 19.1. The number of piperazine rings is 1. The van der Waals surface area contributed by atoms with Crippen LogP contribution in [0.5, 0.6) is 0 Å². The molecule has 1 aromatic carbocycles. The maximum absolute atomic E-state index is 15.0. The summed E-state index contributed by atoms with van der Waals surface area (Å²) < 4.78 is 15.0. The Morgan fingerprint density at radius 1 is 1.09 bits per heavy atom. The minimum atomic E-state index is -0.695. The predicted molar refractivity (Wildman–Crippen MR) is 115 cm³/mol. The molecule has 1 atom stereocenters. The SMILES string of the molecule is Cc1ccc(CN2CCN(c3cc4c(cc3F)C(=O)N(C3CCC(=O)NC3=O)C4)CC2)[nH]1. The summed E-state index contributed by atoms with van der Waals surface area (Å²) >= 11 is 0. The van der Waals surface area contributed by atoms with Gasteiger partial charge in [0.1, 0.15) is 11.9 Å². The topological polar surface area (TPSA) is 88.8 Å². The van der Waals surface area contributed by atoms with Crippen LogP contribution in [0.15, 0.2) is 24.3 Å². The maximum atomic E-state index is 15.0. The number of aromatic nitrogens is 1. The fourth-order valence-electron chi connectivity index (χ4n) is 4.86. The zero-order valence-corrected chi connectivity index (χ0v) is 18.0. The van der Waals surface area contributed by atoms with E-state index in [0.717, 1.165) is 30.9 Å². The second-order valence-electron chi connectivity index (χ2n) is 8.79. The molecule has 2 fully saturated rings. The van der Waals surface area contributed by atoms with Crippen molar-refractivity contribution in [1.29, 1.82) is 0 Å². The summed E-state index contributed by atoms with van der Waals surface area (Å²) in [5.74, 6) is -1.56. The number of aryl methyl sites for hydroxylation is 1. The summed E-state index contributed by atoms with van der Waals surface area (Å²) in [5, 5.41) is 2.29. The lowest BCUT2D eigenvalue weighted by Crippen LogP contribution is -2.52. The summed E-state index contributed by atoms with van der Waals surface area (Å²) in [6.45, 7) is 6.14. The van der Waals surface area contributed by atoms with Crippen molar-refractivity contribution < 1.29 is 18.8 Å². The number of hydrogen-bond acceptors (Lipinski definition) is 5. The Bertz CT molecular complexity index is 1090. The van der Waals surface area contributed by atoms with Crippen molar-refractivity contribution in [2.24, 2.45) is 0 Å². The molecule has 32 heavy (non-hydrogen) atoms. The van der Waals surface area contributed by atoms with E-state index in [1.807, 2.05) is 11.8 Å². The predicted octanol–water partition coefficient (Wildman–Crippen LogP) is 1.55. The lowest BCUT2D eigenvalue weighted by Gasteiger charge is -2.36. The Morgan fingerprint density at radius 3 is 2.56 bits per heavy atom. The van der Waals surface area contributed by atoms with Gasteiger partial charge in [-0.3, -0.25) is 24.6 Å². The number of anilines is 1. The molecular weight excluding hydrogens is 413 g/mol. The van der Waals surface area contributed by atoms with Crippen LogP contribution in [0, 0.1) is 12.7 Å². The van der Waals surface area contributed by atoms with Crippen molar-refractivity contribution >= 4 is 23.4 Å². The quantitative estimate of drug-likeness (QED) is 0.706. The molecule has 9 heteroatoms. The number of aromatic amines is 1. The number of piperidine rings is 1. The third kappa shape index (κ3) is 3.77. The second-order valence-corrected chi connectivity index (χ2v) is 8.79. The van der Waals surface area contributed by atoms with Gasteiger partial charge in [-0.05, 0) is 43.2 Å². The number of hydrogen-bond donors (Lipinski definition) is 2. The van der Waals surface area contributed by atoms with Gasteiger partial charge in [0.05, 0.1) is 5.69 Å². The molecule has 3 amide bonds. The lowest BCUT2D eigenvalue weighted by molar-refractivity contribution is -0.136. The summed E-state index contributed by atoms with van der Waals surface area (Å²) in [7, 11) is 0. The second kappa shape index (κ2) is 8.05. The molecule has 0 bridgehead atoms. The summed E-state index contributed by atoms with van der Waals surface area (Å²) in [5.41, 5.74) is 3.83. The third-order valence-corrected chi connectivity index (χ3v) is 6.59. The molecule has 168 valence electrons. The zero-order valence-electron chi connectivity index (χ0n) is 18.0.